The minimum atomic E-state index is -3.32. The minimum absolute atomic E-state index is 0.00970. The minimum Gasteiger partial charge on any atom is -0.497 e. The lowest BCUT2D eigenvalue weighted by Gasteiger charge is -2.09. The highest BCUT2D eigenvalue weighted by Gasteiger charge is 2.11. The third-order valence-electron chi connectivity index (χ3n) is 2.41. The second kappa shape index (κ2) is 6.72. The molecule has 0 amide bonds. The summed E-state index contributed by atoms with van der Waals surface area (Å²) in [5, 5.41) is 0. The smallest absolute Gasteiger partial charge is 0.215 e. The summed E-state index contributed by atoms with van der Waals surface area (Å²) < 4.78 is 31.2. The Balaban J connectivity index is 2.59. The van der Waals surface area contributed by atoms with Crippen LogP contribution in [0.3, 0.4) is 0 Å². The van der Waals surface area contributed by atoms with Crippen LogP contribution in [0.1, 0.15) is 18.9 Å². The molecule has 0 aliphatic rings. The third-order valence-corrected chi connectivity index (χ3v) is 3.77. The van der Waals surface area contributed by atoms with Gasteiger partial charge in [-0.15, -0.1) is 0 Å². The summed E-state index contributed by atoms with van der Waals surface area (Å²) in [6.07, 6.45) is 0.622. The summed E-state index contributed by atoms with van der Waals surface area (Å²) in [5.74, 6) is 0.599. The molecule has 0 saturated carbocycles. The largest absolute Gasteiger partial charge is 0.497 e. The van der Waals surface area contributed by atoms with Gasteiger partial charge in [0.05, 0.1) is 12.9 Å². The predicted octanol–water partition coefficient (Wildman–Crippen LogP) is 0.852. The van der Waals surface area contributed by atoms with E-state index in [1.54, 1.807) is 31.4 Å². The van der Waals surface area contributed by atoms with E-state index in [0.29, 0.717) is 24.3 Å². The summed E-state index contributed by atoms with van der Waals surface area (Å²) in [5.41, 5.74) is 6.26. The molecule has 3 N–H and O–H groups in total. The molecule has 5 nitrogen and oxygen atoms in total. The maximum absolute atomic E-state index is 11.8. The van der Waals surface area contributed by atoms with Crippen molar-refractivity contribution in [2.75, 3.05) is 13.7 Å². The maximum atomic E-state index is 11.8. The zero-order valence-electron chi connectivity index (χ0n) is 10.7. The van der Waals surface area contributed by atoms with E-state index in [9.17, 15) is 8.42 Å². The molecule has 0 aliphatic heterocycles. The molecule has 102 valence electrons. The van der Waals surface area contributed by atoms with Crippen LogP contribution in [0.5, 0.6) is 5.75 Å². The average molecular weight is 272 g/mol. The van der Waals surface area contributed by atoms with Gasteiger partial charge in [-0.25, -0.2) is 13.1 Å². The van der Waals surface area contributed by atoms with Crippen molar-refractivity contribution in [3.63, 3.8) is 0 Å². The van der Waals surface area contributed by atoms with Crippen LogP contribution < -0.4 is 15.2 Å². The summed E-state index contributed by atoms with van der Waals surface area (Å²) in [7, 11) is -1.77. The Hall–Kier alpha value is -1.11. The van der Waals surface area contributed by atoms with Crippen molar-refractivity contribution in [3.05, 3.63) is 29.8 Å². The monoisotopic (exact) mass is 272 g/mol. The van der Waals surface area contributed by atoms with Crippen molar-refractivity contribution in [3.8, 4) is 5.75 Å². The van der Waals surface area contributed by atoms with E-state index in [0.717, 1.165) is 0 Å². The van der Waals surface area contributed by atoms with Crippen LogP contribution in [0.15, 0.2) is 24.3 Å². The highest BCUT2D eigenvalue weighted by molar-refractivity contribution is 7.88. The van der Waals surface area contributed by atoms with Crippen LogP contribution in [-0.4, -0.2) is 28.1 Å². The Kier molecular flexibility index (Phi) is 5.58. The number of hydrogen-bond donors (Lipinski definition) is 2. The maximum Gasteiger partial charge on any atom is 0.215 e. The first-order valence-corrected chi connectivity index (χ1v) is 7.44. The van der Waals surface area contributed by atoms with Crippen LogP contribution in [0.4, 0.5) is 0 Å². The SMILES string of the molecule is COc1cccc(CS(=O)(=O)NCCC(C)N)c1. The Morgan fingerprint density at radius 3 is 2.78 bits per heavy atom. The molecule has 6 heteroatoms. The van der Waals surface area contributed by atoms with Crippen LogP contribution in [0.25, 0.3) is 0 Å². The van der Waals surface area contributed by atoms with Gasteiger partial charge in [-0.3, -0.25) is 0 Å². The molecule has 1 unspecified atom stereocenters. The van der Waals surface area contributed by atoms with E-state index in [4.69, 9.17) is 10.5 Å². The van der Waals surface area contributed by atoms with Crippen molar-refractivity contribution in [2.24, 2.45) is 5.73 Å². The first-order valence-electron chi connectivity index (χ1n) is 5.79. The average Bonchev–Trinajstić information content (AvgIpc) is 2.27. The van der Waals surface area contributed by atoms with Gasteiger partial charge in [-0.2, -0.15) is 0 Å². The van der Waals surface area contributed by atoms with Gasteiger partial charge in [-0.05, 0) is 31.0 Å². The molecular weight excluding hydrogens is 252 g/mol. The summed E-state index contributed by atoms with van der Waals surface area (Å²) in [6.45, 7) is 2.21. The molecule has 1 atom stereocenters. The zero-order valence-corrected chi connectivity index (χ0v) is 11.5. The third kappa shape index (κ3) is 5.48. The van der Waals surface area contributed by atoms with Gasteiger partial charge in [-0.1, -0.05) is 12.1 Å². The standard InChI is InChI=1S/C12H20N2O3S/c1-10(13)6-7-14-18(15,16)9-11-4-3-5-12(8-11)17-2/h3-5,8,10,14H,6-7,9,13H2,1-2H3. The Morgan fingerprint density at radius 2 is 2.17 bits per heavy atom. The molecule has 0 aliphatic carbocycles. The number of benzene rings is 1. The molecular formula is C12H20N2O3S. The quantitative estimate of drug-likeness (QED) is 0.771. The lowest BCUT2D eigenvalue weighted by molar-refractivity contribution is 0.414. The van der Waals surface area contributed by atoms with Gasteiger partial charge in [0, 0.05) is 12.6 Å². The van der Waals surface area contributed by atoms with Crippen LogP contribution >= 0.6 is 0 Å². The topological polar surface area (TPSA) is 81.4 Å². The van der Waals surface area contributed by atoms with Crippen LogP contribution in [-0.2, 0) is 15.8 Å². The Labute approximate surface area is 108 Å². The fourth-order valence-electron chi connectivity index (χ4n) is 1.47. The molecule has 0 heterocycles. The van der Waals surface area contributed by atoms with E-state index in [1.165, 1.54) is 0 Å². The lowest BCUT2D eigenvalue weighted by atomic mass is 10.2. The fraction of sp³-hybridized carbons (Fsp3) is 0.500. The van der Waals surface area contributed by atoms with Crippen molar-refractivity contribution in [2.45, 2.75) is 25.1 Å². The molecule has 1 rings (SSSR count). The van der Waals surface area contributed by atoms with Gasteiger partial charge >= 0.3 is 0 Å². The Morgan fingerprint density at radius 1 is 1.44 bits per heavy atom. The molecule has 0 radical (unpaired) electrons. The number of methoxy groups -OCH3 is 1. The van der Waals surface area contributed by atoms with Gasteiger partial charge in [0.1, 0.15) is 5.75 Å². The summed E-state index contributed by atoms with van der Waals surface area (Å²) in [6, 6.07) is 7.01. The van der Waals surface area contributed by atoms with Gasteiger partial charge in [0.2, 0.25) is 10.0 Å². The van der Waals surface area contributed by atoms with Crippen molar-refractivity contribution in [1.82, 2.24) is 4.72 Å². The van der Waals surface area contributed by atoms with E-state index in [1.807, 2.05) is 6.92 Å². The predicted molar refractivity (Wildman–Crippen MR) is 71.9 cm³/mol. The molecule has 1 aromatic rings. The fourth-order valence-corrected chi connectivity index (χ4v) is 2.62. The lowest BCUT2D eigenvalue weighted by Crippen LogP contribution is -2.29. The normalized spacial score (nSPS) is 13.3. The number of hydrogen-bond acceptors (Lipinski definition) is 4. The zero-order chi connectivity index (χ0) is 13.6. The Bertz CT molecular complexity index is 472. The molecule has 0 bridgehead atoms. The second-order valence-electron chi connectivity index (χ2n) is 4.27. The number of ether oxygens (including phenoxy) is 1. The van der Waals surface area contributed by atoms with Crippen molar-refractivity contribution in [1.29, 1.82) is 0 Å². The molecule has 1 aromatic carbocycles. The molecule has 0 fully saturated rings. The van der Waals surface area contributed by atoms with E-state index in [2.05, 4.69) is 4.72 Å². The molecule has 0 aromatic heterocycles. The molecule has 0 spiro atoms. The van der Waals surface area contributed by atoms with Gasteiger partial charge in [0.25, 0.3) is 0 Å². The highest BCUT2D eigenvalue weighted by atomic mass is 32.2. The number of nitrogens with one attached hydrogen (secondary N) is 1. The van der Waals surface area contributed by atoms with Gasteiger partial charge < -0.3 is 10.5 Å². The van der Waals surface area contributed by atoms with Crippen molar-refractivity contribution < 1.29 is 13.2 Å². The van der Waals surface area contributed by atoms with E-state index >= 15 is 0 Å². The van der Waals surface area contributed by atoms with Crippen molar-refractivity contribution >= 4 is 10.0 Å². The number of nitrogens with two attached hydrogens (primary N) is 1. The van der Waals surface area contributed by atoms with Gasteiger partial charge in [0.15, 0.2) is 0 Å². The number of sulfonamides is 1. The summed E-state index contributed by atoms with van der Waals surface area (Å²) in [4.78, 5) is 0. The van der Waals surface area contributed by atoms with Crippen LogP contribution in [0.2, 0.25) is 0 Å². The highest BCUT2D eigenvalue weighted by Crippen LogP contribution is 2.14. The summed E-state index contributed by atoms with van der Waals surface area (Å²) >= 11 is 0. The first kappa shape index (κ1) is 14.9. The van der Waals surface area contributed by atoms with E-state index < -0.39 is 10.0 Å². The molecule has 18 heavy (non-hydrogen) atoms. The molecule has 0 saturated heterocycles. The van der Waals surface area contributed by atoms with Crippen LogP contribution in [0, 0.1) is 0 Å². The van der Waals surface area contributed by atoms with E-state index in [-0.39, 0.29) is 11.8 Å². The number of rotatable bonds is 7. The second-order valence-corrected chi connectivity index (χ2v) is 6.08. The first-order chi connectivity index (χ1) is 8.43.